The van der Waals surface area contributed by atoms with Gasteiger partial charge in [-0.3, -0.25) is 0 Å². The van der Waals surface area contributed by atoms with E-state index in [1.54, 1.807) is 20.3 Å². The molecule has 2 heterocycles. The van der Waals surface area contributed by atoms with Gasteiger partial charge in [-0.15, -0.1) is 5.10 Å². The van der Waals surface area contributed by atoms with Gasteiger partial charge in [-0.2, -0.15) is 4.98 Å². The second-order valence-corrected chi connectivity index (χ2v) is 7.58. The molecule has 31 heavy (non-hydrogen) atoms. The second-order valence-electron chi connectivity index (χ2n) is 7.58. The summed E-state index contributed by atoms with van der Waals surface area (Å²) >= 11 is 0. The molecule has 0 N–H and O–H groups in total. The lowest BCUT2D eigenvalue weighted by Gasteiger charge is -2.09. The summed E-state index contributed by atoms with van der Waals surface area (Å²) in [6.07, 6.45) is 8.50. The molecule has 1 fully saturated rings. The quantitative estimate of drug-likeness (QED) is 0.446. The average Bonchev–Trinajstić information content (AvgIpc) is 3.57. The maximum Gasteiger partial charge on any atom is 0.250 e. The standard InChI is InChI=1S/C23H23N5O3/c1-29-20-11-7-15(13-21(20)30-2)8-12-22-24-23(26-31-22)16-9-10-19-18(14-16)25-27-28(19)17-5-3-4-6-17/h7-14,17H,3-6H2,1-2H3. The Hall–Kier alpha value is -3.68. The number of benzene rings is 2. The molecule has 8 nitrogen and oxygen atoms in total. The predicted molar refractivity (Wildman–Crippen MR) is 117 cm³/mol. The van der Waals surface area contributed by atoms with Crippen LogP contribution in [-0.4, -0.2) is 39.4 Å². The van der Waals surface area contributed by atoms with Crippen molar-refractivity contribution in [2.24, 2.45) is 0 Å². The Morgan fingerprint density at radius 1 is 1.00 bits per heavy atom. The maximum atomic E-state index is 5.40. The molecule has 0 bridgehead atoms. The van der Waals surface area contributed by atoms with Crippen molar-refractivity contribution < 1.29 is 14.0 Å². The van der Waals surface area contributed by atoms with Crippen molar-refractivity contribution in [3.05, 3.63) is 47.9 Å². The minimum atomic E-state index is 0.416. The molecule has 0 unspecified atom stereocenters. The number of fused-ring (bicyclic) bond motifs is 1. The van der Waals surface area contributed by atoms with E-state index >= 15 is 0 Å². The number of methoxy groups -OCH3 is 2. The molecular formula is C23H23N5O3. The van der Waals surface area contributed by atoms with Gasteiger partial charge in [0.25, 0.3) is 5.89 Å². The monoisotopic (exact) mass is 417 g/mol. The Morgan fingerprint density at radius 2 is 1.84 bits per heavy atom. The SMILES string of the molecule is COc1ccc(C=Cc2nc(-c3ccc4c(c3)nnn4C3CCCC3)no2)cc1OC. The van der Waals surface area contributed by atoms with Crippen LogP contribution in [-0.2, 0) is 0 Å². The Kier molecular flexibility index (Phi) is 5.11. The van der Waals surface area contributed by atoms with Crippen LogP contribution in [0.5, 0.6) is 11.5 Å². The number of nitrogens with zero attached hydrogens (tertiary/aromatic N) is 5. The van der Waals surface area contributed by atoms with Crippen LogP contribution in [0.25, 0.3) is 34.6 Å². The third-order valence-corrected chi connectivity index (χ3v) is 5.67. The van der Waals surface area contributed by atoms with Crippen LogP contribution < -0.4 is 9.47 Å². The third kappa shape index (κ3) is 3.76. The van der Waals surface area contributed by atoms with Crippen molar-refractivity contribution in [1.82, 2.24) is 25.1 Å². The van der Waals surface area contributed by atoms with Gasteiger partial charge in [-0.25, -0.2) is 4.68 Å². The lowest BCUT2D eigenvalue weighted by atomic mass is 10.1. The summed E-state index contributed by atoms with van der Waals surface area (Å²) in [6.45, 7) is 0. The topological polar surface area (TPSA) is 88.1 Å². The first-order valence-corrected chi connectivity index (χ1v) is 10.3. The van der Waals surface area contributed by atoms with Crippen molar-refractivity contribution >= 4 is 23.2 Å². The van der Waals surface area contributed by atoms with Gasteiger partial charge in [0.2, 0.25) is 5.82 Å². The summed E-state index contributed by atoms with van der Waals surface area (Å²) < 4.78 is 18.1. The number of aromatic nitrogens is 5. The lowest BCUT2D eigenvalue weighted by molar-refractivity contribution is 0.355. The molecule has 0 atom stereocenters. The fourth-order valence-corrected chi connectivity index (χ4v) is 4.04. The Balaban J connectivity index is 1.36. The van der Waals surface area contributed by atoms with Crippen LogP contribution in [0.3, 0.4) is 0 Å². The predicted octanol–water partition coefficient (Wildman–Crippen LogP) is 4.78. The number of hydrogen-bond acceptors (Lipinski definition) is 7. The van der Waals surface area contributed by atoms with E-state index in [4.69, 9.17) is 14.0 Å². The van der Waals surface area contributed by atoms with E-state index in [1.807, 2.05) is 42.5 Å². The highest BCUT2D eigenvalue weighted by molar-refractivity contribution is 5.80. The van der Waals surface area contributed by atoms with E-state index in [0.29, 0.717) is 29.3 Å². The van der Waals surface area contributed by atoms with Crippen LogP contribution >= 0.6 is 0 Å². The molecule has 0 aliphatic heterocycles. The van der Waals surface area contributed by atoms with Gasteiger partial charge in [0.15, 0.2) is 11.5 Å². The summed E-state index contributed by atoms with van der Waals surface area (Å²) in [6, 6.07) is 12.1. The normalized spacial score (nSPS) is 14.6. The molecule has 5 rings (SSSR count). The van der Waals surface area contributed by atoms with Crippen LogP contribution in [0, 0.1) is 0 Å². The highest BCUT2D eigenvalue weighted by atomic mass is 16.5. The zero-order valence-corrected chi connectivity index (χ0v) is 17.5. The first-order chi connectivity index (χ1) is 15.2. The van der Waals surface area contributed by atoms with Gasteiger partial charge in [0, 0.05) is 11.6 Å². The Labute approximate surface area is 179 Å². The van der Waals surface area contributed by atoms with Crippen LogP contribution in [0.1, 0.15) is 43.2 Å². The van der Waals surface area contributed by atoms with E-state index in [0.717, 1.165) is 22.2 Å². The van der Waals surface area contributed by atoms with E-state index in [2.05, 4.69) is 25.1 Å². The molecule has 2 aromatic carbocycles. The maximum absolute atomic E-state index is 5.40. The van der Waals surface area contributed by atoms with Gasteiger partial charge in [-0.05, 0) is 54.8 Å². The highest BCUT2D eigenvalue weighted by Gasteiger charge is 2.20. The van der Waals surface area contributed by atoms with E-state index in [-0.39, 0.29) is 0 Å². The average molecular weight is 417 g/mol. The molecule has 0 saturated heterocycles. The minimum absolute atomic E-state index is 0.416. The fraction of sp³-hybridized carbons (Fsp3) is 0.304. The molecule has 8 heteroatoms. The summed E-state index contributed by atoms with van der Waals surface area (Å²) in [5, 5.41) is 12.8. The van der Waals surface area contributed by atoms with Crippen molar-refractivity contribution in [2.45, 2.75) is 31.7 Å². The molecule has 158 valence electrons. The second kappa shape index (κ2) is 8.22. The van der Waals surface area contributed by atoms with Gasteiger partial charge in [0.1, 0.15) is 5.52 Å². The summed E-state index contributed by atoms with van der Waals surface area (Å²) in [7, 11) is 3.22. The van der Waals surface area contributed by atoms with E-state index < -0.39 is 0 Å². The summed E-state index contributed by atoms with van der Waals surface area (Å²) in [5.74, 6) is 2.28. The Bertz CT molecular complexity index is 1240. The molecular weight excluding hydrogens is 394 g/mol. The van der Waals surface area contributed by atoms with Crippen LogP contribution in [0.15, 0.2) is 40.9 Å². The van der Waals surface area contributed by atoms with Crippen molar-refractivity contribution in [2.75, 3.05) is 14.2 Å². The van der Waals surface area contributed by atoms with Gasteiger partial charge in [0.05, 0.1) is 25.8 Å². The van der Waals surface area contributed by atoms with Gasteiger partial charge >= 0.3 is 0 Å². The first-order valence-electron chi connectivity index (χ1n) is 10.3. The summed E-state index contributed by atoms with van der Waals surface area (Å²) in [4.78, 5) is 4.49. The molecule has 0 spiro atoms. The molecule has 0 radical (unpaired) electrons. The number of rotatable bonds is 6. The molecule has 2 aromatic heterocycles. The molecule has 1 saturated carbocycles. The zero-order chi connectivity index (χ0) is 21.2. The lowest BCUT2D eigenvalue weighted by Crippen LogP contribution is -2.06. The van der Waals surface area contributed by atoms with Crippen molar-refractivity contribution in [1.29, 1.82) is 0 Å². The highest BCUT2D eigenvalue weighted by Crippen LogP contribution is 2.32. The van der Waals surface area contributed by atoms with Gasteiger partial charge in [-0.1, -0.05) is 29.3 Å². The largest absolute Gasteiger partial charge is 0.493 e. The molecule has 1 aliphatic carbocycles. The Morgan fingerprint density at radius 3 is 2.65 bits per heavy atom. The number of hydrogen-bond donors (Lipinski definition) is 0. The van der Waals surface area contributed by atoms with Gasteiger partial charge < -0.3 is 14.0 Å². The number of ether oxygens (including phenoxy) is 2. The third-order valence-electron chi connectivity index (χ3n) is 5.67. The molecule has 4 aromatic rings. The fourth-order valence-electron chi connectivity index (χ4n) is 4.04. The first kappa shape index (κ1) is 19.3. The van der Waals surface area contributed by atoms with Crippen LogP contribution in [0.4, 0.5) is 0 Å². The molecule has 0 amide bonds. The minimum Gasteiger partial charge on any atom is -0.493 e. The zero-order valence-electron chi connectivity index (χ0n) is 17.5. The smallest absolute Gasteiger partial charge is 0.250 e. The van der Waals surface area contributed by atoms with Crippen molar-refractivity contribution in [3.8, 4) is 22.9 Å². The van der Waals surface area contributed by atoms with Crippen LogP contribution in [0.2, 0.25) is 0 Å². The van der Waals surface area contributed by atoms with Crippen molar-refractivity contribution in [3.63, 3.8) is 0 Å². The van der Waals surface area contributed by atoms with E-state index in [1.165, 1.54) is 25.7 Å². The molecule has 1 aliphatic rings. The van der Waals surface area contributed by atoms with E-state index in [9.17, 15) is 0 Å². The summed E-state index contributed by atoms with van der Waals surface area (Å²) in [5.41, 5.74) is 3.67.